The Morgan fingerprint density at radius 3 is 1.80 bits per heavy atom. The number of rotatable bonds is 5. The van der Waals surface area contributed by atoms with Gasteiger partial charge in [0, 0.05) is 13.1 Å². The van der Waals surface area contributed by atoms with Crippen LogP contribution in [0.25, 0.3) is 0 Å². The molecule has 134 valence electrons. The van der Waals surface area contributed by atoms with Crippen LogP contribution in [0.3, 0.4) is 0 Å². The van der Waals surface area contributed by atoms with Gasteiger partial charge in [-0.25, -0.2) is 5.01 Å². The third-order valence-electron chi connectivity index (χ3n) is 4.75. The number of piperidine rings is 1. The van der Waals surface area contributed by atoms with Gasteiger partial charge in [0.15, 0.2) is 0 Å². The van der Waals surface area contributed by atoms with Gasteiger partial charge in [0.25, 0.3) is 0 Å². The number of hydrogen-bond donors (Lipinski definition) is 2. The summed E-state index contributed by atoms with van der Waals surface area (Å²) in [5.74, 6) is -0.113. The normalized spacial score (nSPS) is 17.5. The lowest BCUT2D eigenvalue weighted by atomic mass is 9.72. The number of nitrogens with zero attached hydrogens (tertiary/aromatic N) is 1. The molecular formula is C18H21FN2O3S. The summed E-state index contributed by atoms with van der Waals surface area (Å²) in [6.45, 7) is 0.658. The molecule has 0 aromatic heterocycles. The standard InChI is InChI=1S/C18H21FN2O3S/c19-25(23,24)20-21-13-11-17(12-14-21)18(22,15-7-3-1-4-8-15)16-9-5-2-6-10-16/h1-10,17,20,22H,11-14H2. The van der Waals surface area contributed by atoms with E-state index in [-0.39, 0.29) is 5.92 Å². The summed E-state index contributed by atoms with van der Waals surface area (Å²) in [5.41, 5.74) is 0.417. The van der Waals surface area contributed by atoms with Crippen molar-refractivity contribution in [2.45, 2.75) is 18.4 Å². The maximum absolute atomic E-state index is 12.8. The van der Waals surface area contributed by atoms with E-state index in [1.807, 2.05) is 65.5 Å². The highest BCUT2D eigenvalue weighted by molar-refractivity contribution is 7.84. The van der Waals surface area contributed by atoms with E-state index in [1.54, 1.807) is 0 Å². The van der Waals surface area contributed by atoms with Crippen LogP contribution >= 0.6 is 0 Å². The number of hydrazine groups is 1. The monoisotopic (exact) mass is 364 g/mol. The highest BCUT2D eigenvalue weighted by Gasteiger charge is 2.41. The molecule has 2 N–H and O–H groups in total. The van der Waals surface area contributed by atoms with Gasteiger partial charge in [-0.1, -0.05) is 64.5 Å². The number of aliphatic hydroxyl groups is 1. The average molecular weight is 364 g/mol. The van der Waals surface area contributed by atoms with Crippen LogP contribution in [0.2, 0.25) is 0 Å². The van der Waals surface area contributed by atoms with Gasteiger partial charge in [0.1, 0.15) is 5.60 Å². The molecule has 1 aliphatic rings. The molecule has 1 heterocycles. The zero-order chi connectivity index (χ0) is 17.9. The summed E-state index contributed by atoms with van der Waals surface area (Å²) in [6.07, 6.45) is 1.06. The zero-order valence-corrected chi connectivity index (χ0v) is 14.5. The van der Waals surface area contributed by atoms with Crippen molar-refractivity contribution in [3.05, 3.63) is 71.8 Å². The zero-order valence-electron chi connectivity index (χ0n) is 13.7. The lowest BCUT2D eigenvalue weighted by Gasteiger charge is -2.41. The van der Waals surface area contributed by atoms with Crippen molar-refractivity contribution in [1.29, 1.82) is 0 Å². The Kier molecular flexibility index (Phi) is 5.19. The number of nitrogens with one attached hydrogen (secondary N) is 1. The molecule has 0 aliphatic carbocycles. The van der Waals surface area contributed by atoms with Gasteiger partial charge < -0.3 is 5.11 Å². The van der Waals surface area contributed by atoms with Crippen molar-refractivity contribution in [3.63, 3.8) is 0 Å². The predicted molar refractivity (Wildman–Crippen MR) is 93.3 cm³/mol. The minimum atomic E-state index is -4.77. The summed E-state index contributed by atoms with van der Waals surface area (Å²) in [7, 11) is -4.77. The number of halogens is 1. The van der Waals surface area contributed by atoms with Crippen molar-refractivity contribution in [2.24, 2.45) is 5.92 Å². The summed E-state index contributed by atoms with van der Waals surface area (Å²) >= 11 is 0. The van der Waals surface area contributed by atoms with Crippen molar-refractivity contribution < 1.29 is 17.4 Å². The molecule has 5 nitrogen and oxygen atoms in total. The van der Waals surface area contributed by atoms with Crippen LogP contribution < -0.4 is 4.83 Å². The van der Waals surface area contributed by atoms with Gasteiger partial charge in [0.05, 0.1) is 0 Å². The van der Waals surface area contributed by atoms with Gasteiger partial charge in [-0.3, -0.25) is 0 Å². The minimum Gasteiger partial charge on any atom is -0.380 e. The first-order valence-electron chi connectivity index (χ1n) is 8.20. The van der Waals surface area contributed by atoms with Gasteiger partial charge in [-0.2, -0.15) is 8.42 Å². The second-order valence-electron chi connectivity index (χ2n) is 6.29. The molecule has 1 aliphatic heterocycles. The lowest BCUT2D eigenvalue weighted by molar-refractivity contribution is -0.0175. The Balaban J connectivity index is 1.87. The highest BCUT2D eigenvalue weighted by atomic mass is 32.3. The Morgan fingerprint density at radius 1 is 0.960 bits per heavy atom. The van der Waals surface area contributed by atoms with Gasteiger partial charge in [-0.05, 0) is 29.9 Å². The molecule has 0 amide bonds. The Morgan fingerprint density at radius 2 is 1.40 bits per heavy atom. The minimum absolute atomic E-state index is 0.113. The molecule has 25 heavy (non-hydrogen) atoms. The summed E-state index contributed by atoms with van der Waals surface area (Å²) < 4.78 is 34.3. The van der Waals surface area contributed by atoms with Crippen LogP contribution in [-0.4, -0.2) is 31.6 Å². The first-order valence-corrected chi connectivity index (χ1v) is 9.58. The van der Waals surface area contributed by atoms with Crippen molar-refractivity contribution in [1.82, 2.24) is 9.84 Å². The van der Waals surface area contributed by atoms with E-state index in [2.05, 4.69) is 0 Å². The molecule has 0 unspecified atom stereocenters. The van der Waals surface area contributed by atoms with Crippen LogP contribution in [0.1, 0.15) is 24.0 Å². The first-order chi connectivity index (χ1) is 11.9. The molecule has 0 spiro atoms. The molecule has 2 aromatic rings. The largest absolute Gasteiger partial charge is 0.385 e. The first kappa shape index (κ1) is 18.0. The average Bonchev–Trinajstić information content (AvgIpc) is 2.62. The Bertz CT molecular complexity index is 752. The maximum atomic E-state index is 12.8. The second-order valence-corrected chi connectivity index (χ2v) is 7.35. The molecule has 1 saturated heterocycles. The van der Waals surface area contributed by atoms with E-state index < -0.39 is 16.0 Å². The maximum Gasteiger partial charge on any atom is 0.385 e. The fraction of sp³-hybridized carbons (Fsp3) is 0.333. The fourth-order valence-corrected chi connectivity index (χ4v) is 4.06. The Labute approximate surface area is 147 Å². The molecule has 0 saturated carbocycles. The third-order valence-corrected chi connectivity index (χ3v) is 5.23. The molecule has 0 atom stereocenters. The van der Waals surface area contributed by atoms with E-state index in [4.69, 9.17) is 0 Å². The van der Waals surface area contributed by atoms with Gasteiger partial charge >= 0.3 is 10.4 Å². The summed E-state index contributed by atoms with van der Waals surface area (Å²) in [4.78, 5) is 1.87. The number of hydrogen-bond acceptors (Lipinski definition) is 4. The van der Waals surface area contributed by atoms with Crippen LogP contribution in [0.15, 0.2) is 60.7 Å². The Hall–Kier alpha value is -1.80. The molecule has 0 radical (unpaired) electrons. The van der Waals surface area contributed by atoms with E-state index in [0.29, 0.717) is 25.9 Å². The van der Waals surface area contributed by atoms with E-state index >= 15 is 0 Å². The van der Waals surface area contributed by atoms with Crippen LogP contribution in [-0.2, 0) is 16.0 Å². The van der Waals surface area contributed by atoms with E-state index in [1.165, 1.54) is 5.01 Å². The molecule has 7 heteroatoms. The smallest absolute Gasteiger partial charge is 0.380 e. The van der Waals surface area contributed by atoms with Crippen LogP contribution in [0, 0.1) is 5.92 Å². The SMILES string of the molecule is O=S(=O)(F)NN1CCC(C(O)(c2ccccc2)c2ccccc2)CC1. The van der Waals surface area contributed by atoms with Gasteiger partial charge in [0.2, 0.25) is 0 Å². The fourth-order valence-electron chi connectivity index (χ4n) is 3.57. The van der Waals surface area contributed by atoms with Crippen molar-refractivity contribution in [2.75, 3.05) is 13.1 Å². The lowest BCUT2D eigenvalue weighted by Crippen LogP contribution is -2.49. The highest BCUT2D eigenvalue weighted by Crippen LogP contribution is 2.41. The summed E-state index contributed by atoms with van der Waals surface area (Å²) in [5, 5.41) is 13.0. The molecule has 2 aromatic carbocycles. The third kappa shape index (κ3) is 4.07. The van der Waals surface area contributed by atoms with E-state index in [9.17, 15) is 17.4 Å². The summed E-state index contributed by atoms with van der Waals surface area (Å²) in [6, 6.07) is 18.9. The second kappa shape index (κ2) is 7.21. The molecule has 0 bridgehead atoms. The molecule has 3 rings (SSSR count). The van der Waals surface area contributed by atoms with Crippen molar-refractivity contribution in [3.8, 4) is 0 Å². The quantitative estimate of drug-likeness (QED) is 0.799. The topological polar surface area (TPSA) is 69.6 Å². The van der Waals surface area contributed by atoms with Crippen LogP contribution in [0.5, 0.6) is 0 Å². The van der Waals surface area contributed by atoms with Gasteiger partial charge in [-0.15, -0.1) is 4.83 Å². The van der Waals surface area contributed by atoms with E-state index in [0.717, 1.165) is 11.1 Å². The molecule has 1 fully saturated rings. The predicted octanol–water partition coefficient (Wildman–Crippen LogP) is 2.35. The molecular weight excluding hydrogens is 343 g/mol. The van der Waals surface area contributed by atoms with Crippen LogP contribution in [0.4, 0.5) is 3.89 Å². The number of benzene rings is 2. The van der Waals surface area contributed by atoms with Crippen molar-refractivity contribution >= 4 is 10.4 Å².